The third-order valence-electron chi connectivity index (χ3n) is 15.5. The molecule has 13 aromatic rings. The highest BCUT2D eigenvalue weighted by molar-refractivity contribution is 6.42. The van der Waals surface area contributed by atoms with E-state index in [1.54, 1.807) is 24.3 Å². The molecule has 0 spiro atoms. The van der Waals surface area contributed by atoms with Crippen LogP contribution in [0.25, 0.3) is 154 Å². The second-order valence-electron chi connectivity index (χ2n) is 19.1. The van der Waals surface area contributed by atoms with Crippen molar-refractivity contribution in [2.24, 2.45) is 0 Å². The molecule has 0 heterocycles. The van der Waals surface area contributed by atoms with E-state index in [1.165, 1.54) is 24.3 Å². The van der Waals surface area contributed by atoms with Crippen LogP contribution in [-0.4, -0.2) is 0 Å². The summed E-state index contributed by atoms with van der Waals surface area (Å²) in [6.45, 7) is 0. The molecule has 0 amide bonds. The van der Waals surface area contributed by atoms with Gasteiger partial charge in [-0.25, -0.2) is 0 Å². The summed E-state index contributed by atoms with van der Waals surface area (Å²) >= 11 is 0. The van der Waals surface area contributed by atoms with Crippen LogP contribution < -0.4 is 0 Å². The minimum absolute atomic E-state index is 0.693. The Kier molecular flexibility index (Phi) is 8.23. The van der Waals surface area contributed by atoms with E-state index in [2.05, 4.69) is 97.1 Å². The summed E-state index contributed by atoms with van der Waals surface area (Å²) in [6, 6.07) is 66.1. The zero-order valence-electron chi connectivity index (χ0n) is 37.9. The summed E-state index contributed by atoms with van der Waals surface area (Å²) in [7, 11) is 0. The van der Waals surface area contributed by atoms with Gasteiger partial charge in [-0.15, -0.1) is 0 Å². The molecule has 0 fully saturated rings. The van der Waals surface area contributed by atoms with E-state index < -0.39 is 23.5 Å². The van der Waals surface area contributed by atoms with Gasteiger partial charge in [0.2, 0.25) is 0 Å². The molecule has 0 atom stereocenters. The highest BCUT2D eigenvalue weighted by Crippen LogP contribution is 2.63. The van der Waals surface area contributed by atoms with E-state index in [0.29, 0.717) is 11.1 Å². The third-order valence-corrected chi connectivity index (χ3v) is 15.5. The van der Waals surface area contributed by atoms with E-state index in [-0.39, 0.29) is 0 Å². The number of fused-ring (bicyclic) bond motifs is 10. The van der Waals surface area contributed by atoms with Crippen LogP contribution in [-0.2, 0) is 12.4 Å². The lowest BCUT2D eigenvalue weighted by Crippen LogP contribution is -2.04. The number of hydrogen-bond donors (Lipinski definition) is 0. The Morgan fingerprint density at radius 2 is 0.444 bits per heavy atom. The maximum absolute atomic E-state index is 14.0. The monoisotopic (exact) mass is 940 g/mol. The zero-order chi connectivity index (χ0) is 48.4. The molecule has 0 saturated heterocycles. The van der Waals surface area contributed by atoms with Crippen LogP contribution in [0.4, 0.5) is 26.3 Å². The van der Waals surface area contributed by atoms with Gasteiger partial charge in [-0.3, -0.25) is 0 Å². The Bertz CT molecular complexity index is 4160. The van der Waals surface area contributed by atoms with Crippen molar-refractivity contribution in [1.82, 2.24) is 0 Å². The molecule has 0 N–H and O–H groups in total. The first-order valence-electron chi connectivity index (χ1n) is 23.9. The molecular weight excluding hydrogens is 907 g/mol. The lowest BCUT2D eigenvalue weighted by atomic mass is 9.82. The summed E-state index contributed by atoms with van der Waals surface area (Å²) in [4.78, 5) is 0. The third kappa shape index (κ3) is 5.49. The first-order valence-corrected chi connectivity index (χ1v) is 23.9. The highest BCUT2D eigenvalue weighted by Gasteiger charge is 2.37. The van der Waals surface area contributed by atoms with E-state index >= 15 is 0 Å². The normalized spacial score (nSPS) is 12.9. The Morgan fingerprint density at radius 1 is 0.194 bits per heavy atom. The summed E-state index contributed by atoms with van der Waals surface area (Å²) in [5, 5.41) is 12.7. The predicted molar refractivity (Wildman–Crippen MR) is 283 cm³/mol. The first kappa shape index (κ1) is 41.1. The lowest BCUT2D eigenvalue weighted by molar-refractivity contribution is -0.138. The van der Waals surface area contributed by atoms with Crippen LogP contribution >= 0.6 is 0 Å². The van der Waals surface area contributed by atoms with Crippen molar-refractivity contribution in [3.63, 3.8) is 0 Å². The molecule has 6 heteroatoms. The molecule has 340 valence electrons. The molecule has 0 bridgehead atoms. The number of rotatable bonds is 4. The van der Waals surface area contributed by atoms with Gasteiger partial charge in [0.15, 0.2) is 0 Å². The smallest absolute Gasteiger partial charge is 0.166 e. The van der Waals surface area contributed by atoms with E-state index in [9.17, 15) is 26.3 Å². The molecule has 2 aliphatic carbocycles. The van der Waals surface area contributed by atoms with E-state index in [4.69, 9.17) is 0 Å². The van der Waals surface area contributed by atoms with Crippen molar-refractivity contribution < 1.29 is 26.3 Å². The molecule has 0 nitrogen and oxygen atoms in total. The maximum Gasteiger partial charge on any atom is 0.416 e. The van der Waals surface area contributed by atoms with Crippen molar-refractivity contribution in [2.45, 2.75) is 12.4 Å². The summed E-state index contributed by atoms with van der Waals surface area (Å²) in [5.74, 6) is 0. The van der Waals surface area contributed by atoms with Gasteiger partial charge < -0.3 is 0 Å². The fourth-order valence-corrected chi connectivity index (χ4v) is 12.7. The number of alkyl halides is 6. The van der Waals surface area contributed by atoms with Crippen LogP contribution in [0.5, 0.6) is 0 Å². The fraction of sp³-hybridized carbons (Fsp3) is 0.0303. The number of benzene rings is 13. The van der Waals surface area contributed by atoms with Gasteiger partial charge in [0.05, 0.1) is 11.1 Å². The van der Waals surface area contributed by atoms with Crippen molar-refractivity contribution in [1.29, 1.82) is 0 Å². The molecule has 2 aliphatic rings. The lowest BCUT2D eigenvalue weighted by Gasteiger charge is -2.20. The molecule has 0 saturated carbocycles. The van der Waals surface area contributed by atoms with Crippen LogP contribution in [0.3, 0.4) is 0 Å². The Hall–Kier alpha value is -8.74. The van der Waals surface area contributed by atoms with Gasteiger partial charge >= 0.3 is 12.4 Å². The van der Waals surface area contributed by atoms with Crippen LogP contribution in [0.15, 0.2) is 206 Å². The predicted octanol–water partition coefficient (Wildman–Crippen LogP) is 20.0. The largest absolute Gasteiger partial charge is 0.416 e. The van der Waals surface area contributed by atoms with Crippen molar-refractivity contribution >= 4 is 64.6 Å². The number of halogens is 6. The Morgan fingerprint density at radius 3 is 0.708 bits per heavy atom. The molecule has 0 aromatic heterocycles. The minimum Gasteiger partial charge on any atom is -0.166 e. The van der Waals surface area contributed by atoms with E-state index in [0.717, 1.165) is 143 Å². The van der Waals surface area contributed by atoms with Crippen LogP contribution in [0.2, 0.25) is 0 Å². The molecule has 13 aromatic carbocycles. The quantitative estimate of drug-likeness (QED) is 0.0937. The molecule has 0 aliphatic heterocycles. The second-order valence-corrected chi connectivity index (χ2v) is 19.1. The van der Waals surface area contributed by atoms with Gasteiger partial charge in [-0.2, -0.15) is 26.3 Å². The Labute approximate surface area is 408 Å². The van der Waals surface area contributed by atoms with Gasteiger partial charge in [0.25, 0.3) is 0 Å². The average Bonchev–Trinajstić information content (AvgIpc) is 3.92. The first-order chi connectivity index (χ1) is 35.0. The van der Waals surface area contributed by atoms with Gasteiger partial charge in [-0.05, 0) is 178 Å². The fourth-order valence-electron chi connectivity index (χ4n) is 12.7. The van der Waals surface area contributed by atoms with Crippen molar-refractivity contribution in [3.05, 3.63) is 217 Å². The van der Waals surface area contributed by atoms with Crippen molar-refractivity contribution in [2.75, 3.05) is 0 Å². The molecule has 0 unspecified atom stereocenters. The highest BCUT2D eigenvalue weighted by atomic mass is 19.4. The number of hydrogen-bond acceptors (Lipinski definition) is 0. The van der Waals surface area contributed by atoms with E-state index in [1.807, 2.05) is 60.7 Å². The molecular formula is C66H34F6. The minimum atomic E-state index is -4.47. The SMILES string of the molecule is FC(F)(F)c1ccc(-c2c3c(c(-c4ccccc4)c4ccccc24)-c2ccc4c5ccc6c7c(ccc(c8ccc-3c2c48)c75)-c2c-6c(-c3ccc(C(F)(F)F)cc3)c3ccccc3c2-c2ccccc2)cc1. The van der Waals surface area contributed by atoms with Gasteiger partial charge in [-0.1, -0.05) is 182 Å². The second kappa shape index (κ2) is 14.4. The summed E-state index contributed by atoms with van der Waals surface area (Å²) in [6.07, 6.45) is -8.95. The molecule has 15 rings (SSSR count). The van der Waals surface area contributed by atoms with Crippen LogP contribution in [0, 0.1) is 0 Å². The molecule has 0 radical (unpaired) electrons. The maximum atomic E-state index is 14.0. The summed E-state index contributed by atoms with van der Waals surface area (Å²) < 4.78 is 84.2. The van der Waals surface area contributed by atoms with Crippen molar-refractivity contribution in [3.8, 4) is 89.0 Å². The summed E-state index contributed by atoms with van der Waals surface area (Å²) in [5.41, 5.74) is 14.4. The average molecular weight is 941 g/mol. The topological polar surface area (TPSA) is 0 Å². The Balaban J connectivity index is 1.05. The van der Waals surface area contributed by atoms with Gasteiger partial charge in [0.1, 0.15) is 0 Å². The van der Waals surface area contributed by atoms with Crippen LogP contribution in [0.1, 0.15) is 11.1 Å². The van der Waals surface area contributed by atoms with Gasteiger partial charge in [0, 0.05) is 0 Å². The zero-order valence-corrected chi connectivity index (χ0v) is 37.9. The molecule has 72 heavy (non-hydrogen) atoms. The standard InChI is InChI=1S/C66H34F6/c67-65(68,69)39-23-19-37(20-24-39)55-43-17-9-7-15-41(43)53(35-11-3-1-4-12-35)61-49-31-27-45-48-30-34-52-60-50(32-28-46(58(48)60)47-29-33-51(63(55)61)59(49)57(45)47)62-54(36-13-5-2-6-14-36)42-16-8-10-18-44(42)56(64(52)62)38-21-25-40(26-22-38)66(70,71)72/h1-34H.